The van der Waals surface area contributed by atoms with Crippen LogP contribution in [0.5, 0.6) is 0 Å². The zero-order chi connectivity index (χ0) is 17.8. The Morgan fingerprint density at radius 2 is 1.96 bits per heavy atom. The Kier molecular flexibility index (Phi) is 5.30. The summed E-state index contributed by atoms with van der Waals surface area (Å²) in [5.41, 5.74) is 1.32. The van der Waals surface area contributed by atoms with Gasteiger partial charge in [-0.25, -0.2) is 18.7 Å². The average molecular weight is 363 g/mol. The number of hydrogen-bond acceptors (Lipinski definition) is 6. The first-order chi connectivity index (χ1) is 12.1. The number of ketones is 1. The molecule has 0 fully saturated rings. The minimum Gasteiger partial charge on any atom is -0.396 e. The molecular weight excluding hydrogens is 348 g/mol. The maximum absolute atomic E-state index is 13.2. The molecule has 3 rings (SSSR count). The molecule has 2 N–H and O–H groups in total. The van der Waals surface area contributed by atoms with Crippen LogP contribution in [-0.2, 0) is 6.54 Å². The van der Waals surface area contributed by atoms with E-state index in [0.717, 1.165) is 6.07 Å². The number of hydrogen-bond donors (Lipinski definition) is 2. The zero-order valence-corrected chi connectivity index (χ0v) is 13.9. The summed E-state index contributed by atoms with van der Waals surface area (Å²) in [5.74, 6) is -1.29. The van der Waals surface area contributed by atoms with Gasteiger partial charge < -0.3 is 10.4 Å². The van der Waals surface area contributed by atoms with Crippen molar-refractivity contribution in [2.75, 3.05) is 11.9 Å². The van der Waals surface area contributed by atoms with Crippen LogP contribution in [0.2, 0.25) is 0 Å². The highest BCUT2D eigenvalue weighted by molar-refractivity contribution is 7.17. The fourth-order valence-electron chi connectivity index (χ4n) is 2.38. The maximum Gasteiger partial charge on any atom is 0.224 e. The number of Topliss-reactive ketones (excluding diaryl/α,β-unsaturated/α-hetero) is 1. The van der Waals surface area contributed by atoms with E-state index in [9.17, 15) is 13.6 Å². The molecular formula is C17H15F2N3O2S. The summed E-state index contributed by atoms with van der Waals surface area (Å²) in [5, 5.41) is 13.6. The van der Waals surface area contributed by atoms with Crippen molar-refractivity contribution in [3.8, 4) is 0 Å². The van der Waals surface area contributed by atoms with E-state index < -0.39 is 11.6 Å². The van der Waals surface area contributed by atoms with Gasteiger partial charge in [0.15, 0.2) is 5.78 Å². The molecule has 0 aliphatic heterocycles. The standard InChI is InChI=1S/C17H15F2N3O2S/c18-11-6-10(7-12(19)8-11)9-20-17-21-13-3-5-25-16(13)15(22-17)14(24)2-1-4-23/h3,5-8,23H,1-2,4,9H2,(H,20,21,22). The summed E-state index contributed by atoms with van der Waals surface area (Å²) in [6, 6.07) is 5.01. The van der Waals surface area contributed by atoms with Gasteiger partial charge in [-0.2, -0.15) is 0 Å². The molecule has 0 amide bonds. The number of halogens is 2. The van der Waals surface area contributed by atoms with Gasteiger partial charge in [0.1, 0.15) is 17.3 Å². The monoisotopic (exact) mass is 363 g/mol. The van der Waals surface area contributed by atoms with E-state index in [-0.39, 0.29) is 31.3 Å². The van der Waals surface area contributed by atoms with Crippen LogP contribution >= 0.6 is 11.3 Å². The highest BCUT2D eigenvalue weighted by Crippen LogP contribution is 2.25. The number of benzene rings is 1. The van der Waals surface area contributed by atoms with E-state index >= 15 is 0 Å². The first-order valence-corrected chi connectivity index (χ1v) is 8.53. The van der Waals surface area contributed by atoms with Gasteiger partial charge in [0.2, 0.25) is 5.95 Å². The van der Waals surface area contributed by atoms with Gasteiger partial charge in [-0.3, -0.25) is 4.79 Å². The van der Waals surface area contributed by atoms with Crippen LogP contribution in [-0.4, -0.2) is 27.5 Å². The van der Waals surface area contributed by atoms with Crippen molar-refractivity contribution in [1.82, 2.24) is 9.97 Å². The number of aliphatic hydroxyl groups excluding tert-OH is 1. The third kappa shape index (κ3) is 4.15. The third-order valence-corrected chi connectivity index (χ3v) is 4.41. The van der Waals surface area contributed by atoms with E-state index in [1.807, 2.05) is 5.38 Å². The van der Waals surface area contributed by atoms with Gasteiger partial charge in [0, 0.05) is 25.6 Å². The van der Waals surface area contributed by atoms with Crippen molar-refractivity contribution in [2.24, 2.45) is 0 Å². The van der Waals surface area contributed by atoms with E-state index in [4.69, 9.17) is 5.11 Å². The number of carbonyl (C=O) groups is 1. The molecule has 0 aliphatic carbocycles. The van der Waals surface area contributed by atoms with Crippen molar-refractivity contribution in [3.63, 3.8) is 0 Å². The molecule has 0 atom stereocenters. The molecule has 5 nitrogen and oxygen atoms in total. The molecule has 2 heterocycles. The Balaban J connectivity index is 1.85. The van der Waals surface area contributed by atoms with Crippen molar-refractivity contribution in [2.45, 2.75) is 19.4 Å². The predicted molar refractivity (Wildman–Crippen MR) is 91.8 cm³/mol. The van der Waals surface area contributed by atoms with E-state index in [1.54, 1.807) is 6.07 Å². The Hall–Kier alpha value is -2.45. The van der Waals surface area contributed by atoms with Crippen LogP contribution in [0.25, 0.3) is 10.2 Å². The number of nitrogens with one attached hydrogen (secondary N) is 1. The molecule has 0 bridgehead atoms. The lowest BCUT2D eigenvalue weighted by Crippen LogP contribution is -2.09. The van der Waals surface area contributed by atoms with E-state index in [0.29, 0.717) is 27.9 Å². The maximum atomic E-state index is 13.2. The number of anilines is 1. The Bertz CT molecular complexity index is 894. The van der Waals surface area contributed by atoms with Gasteiger partial charge in [-0.1, -0.05) is 0 Å². The SMILES string of the molecule is O=C(CCCO)c1nc(NCc2cc(F)cc(F)c2)nc2ccsc12. The summed E-state index contributed by atoms with van der Waals surface area (Å²) in [6.45, 7) is 0.0508. The lowest BCUT2D eigenvalue weighted by atomic mass is 10.1. The van der Waals surface area contributed by atoms with Gasteiger partial charge in [0.05, 0.1) is 10.2 Å². The lowest BCUT2D eigenvalue weighted by molar-refractivity contribution is 0.0968. The summed E-state index contributed by atoms with van der Waals surface area (Å²) >= 11 is 1.37. The lowest BCUT2D eigenvalue weighted by Gasteiger charge is -2.08. The molecule has 0 saturated carbocycles. The van der Waals surface area contributed by atoms with Crippen LogP contribution in [0.1, 0.15) is 28.9 Å². The zero-order valence-electron chi connectivity index (χ0n) is 13.1. The first kappa shape index (κ1) is 17.4. The Morgan fingerprint density at radius 1 is 1.20 bits per heavy atom. The number of fused-ring (bicyclic) bond motifs is 1. The van der Waals surface area contributed by atoms with Crippen molar-refractivity contribution in [1.29, 1.82) is 0 Å². The second kappa shape index (κ2) is 7.62. The summed E-state index contributed by atoms with van der Waals surface area (Å²) in [7, 11) is 0. The van der Waals surface area contributed by atoms with Crippen LogP contribution in [0, 0.1) is 11.6 Å². The predicted octanol–water partition coefficient (Wildman–Crippen LogP) is 3.54. The number of carbonyl (C=O) groups excluding carboxylic acids is 1. The summed E-state index contributed by atoms with van der Waals surface area (Å²) < 4.78 is 27.2. The second-order valence-electron chi connectivity index (χ2n) is 5.41. The molecule has 0 unspecified atom stereocenters. The number of aliphatic hydroxyl groups is 1. The topological polar surface area (TPSA) is 75.1 Å². The van der Waals surface area contributed by atoms with E-state index in [1.165, 1.54) is 23.5 Å². The van der Waals surface area contributed by atoms with E-state index in [2.05, 4.69) is 15.3 Å². The molecule has 2 aromatic heterocycles. The number of thiophene rings is 1. The van der Waals surface area contributed by atoms with Crippen LogP contribution in [0.4, 0.5) is 14.7 Å². The quantitative estimate of drug-likeness (QED) is 0.628. The minimum atomic E-state index is -0.661. The second-order valence-corrected chi connectivity index (χ2v) is 6.33. The largest absolute Gasteiger partial charge is 0.396 e. The fraction of sp³-hybridized carbons (Fsp3) is 0.235. The Labute approximate surface area is 146 Å². The summed E-state index contributed by atoms with van der Waals surface area (Å²) in [6.07, 6.45) is 0.552. The molecule has 3 aromatic rings. The normalized spacial score (nSPS) is 11.0. The molecule has 0 aliphatic rings. The van der Waals surface area contributed by atoms with Gasteiger partial charge >= 0.3 is 0 Å². The molecule has 8 heteroatoms. The minimum absolute atomic E-state index is 0.0688. The Morgan fingerprint density at radius 3 is 2.68 bits per heavy atom. The van der Waals surface area contributed by atoms with Crippen molar-refractivity contribution >= 4 is 33.3 Å². The summed E-state index contributed by atoms with van der Waals surface area (Å²) in [4.78, 5) is 20.9. The van der Waals surface area contributed by atoms with Gasteiger partial charge in [0.25, 0.3) is 0 Å². The smallest absolute Gasteiger partial charge is 0.224 e. The van der Waals surface area contributed by atoms with Gasteiger partial charge in [-0.15, -0.1) is 11.3 Å². The molecule has 0 saturated heterocycles. The molecule has 25 heavy (non-hydrogen) atoms. The highest BCUT2D eigenvalue weighted by Gasteiger charge is 2.16. The molecule has 1 aromatic carbocycles. The fourth-order valence-corrected chi connectivity index (χ4v) is 3.22. The third-order valence-electron chi connectivity index (χ3n) is 3.50. The van der Waals surface area contributed by atoms with Crippen molar-refractivity contribution in [3.05, 3.63) is 52.5 Å². The van der Waals surface area contributed by atoms with Crippen LogP contribution in [0.15, 0.2) is 29.6 Å². The molecule has 130 valence electrons. The molecule has 0 spiro atoms. The van der Waals surface area contributed by atoms with Crippen LogP contribution in [0.3, 0.4) is 0 Å². The highest BCUT2D eigenvalue weighted by atomic mass is 32.1. The van der Waals surface area contributed by atoms with Crippen LogP contribution < -0.4 is 5.32 Å². The average Bonchev–Trinajstić information content (AvgIpc) is 3.04. The number of rotatable bonds is 7. The van der Waals surface area contributed by atoms with Crippen molar-refractivity contribution < 1.29 is 18.7 Å². The molecule has 0 radical (unpaired) electrons. The number of nitrogens with zero attached hydrogens (tertiary/aromatic N) is 2. The number of aromatic nitrogens is 2. The first-order valence-electron chi connectivity index (χ1n) is 7.65. The van der Waals surface area contributed by atoms with Gasteiger partial charge in [-0.05, 0) is 35.6 Å².